The first-order valence-corrected chi connectivity index (χ1v) is 10.3. The highest BCUT2D eigenvalue weighted by molar-refractivity contribution is 5.47. The summed E-state index contributed by atoms with van der Waals surface area (Å²) in [4.78, 5) is 0. The molecule has 2 aliphatic rings. The number of ether oxygens (including phenoxy) is 1. The molecule has 2 fully saturated rings. The summed E-state index contributed by atoms with van der Waals surface area (Å²) in [5.74, 6) is 5.65. The van der Waals surface area contributed by atoms with Gasteiger partial charge in [-0.3, -0.25) is 0 Å². The minimum atomic E-state index is 0.518. The van der Waals surface area contributed by atoms with Crippen LogP contribution in [0.3, 0.4) is 0 Å². The predicted molar refractivity (Wildman–Crippen MR) is 109 cm³/mol. The van der Waals surface area contributed by atoms with Crippen molar-refractivity contribution in [1.82, 2.24) is 0 Å². The molecular formula is C24H30FNO. The van der Waals surface area contributed by atoms with Crippen molar-refractivity contribution in [2.45, 2.75) is 45.4 Å². The number of benzene rings is 2. The monoisotopic (exact) mass is 367 g/mol. The standard InChI is InChI=1S/C24H30FNO/c1-16-12-18-14-17(2)24(20(13-16)15-18)19-4-8-22(9-5-19)27-23-10-6-21(7-11-23)26(3)25/h4-11,16-18,20,24H,12-15H2,1-3H3. The van der Waals surface area contributed by atoms with Gasteiger partial charge in [-0.2, -0.15) is 0 Å². The highest BCUT2D eigenvalue weighted by atomic mass is 19.2. The number of nitrogens with zero attached hydrogens (tertiary/aromatic N) is 1. The topological polar surface area (TPSA) is 12.5 Å². The Morgan fingerprint density at radius 1 is 0.852 bits per heavy atom. The molecule has 0 aliphatic heterocycles. The first-order valence-electron chi connectivity index (χ1n) is 10.3. The molecule has 5 unspecified atom stereocenters. The Labute approximate surface area is 162 Å². The molecule has 2 aromatic rings. The first kappa shape index (κ1) is 18.3. The van der Waals surface area contributed by atoms with Crippen LogP contribution in [0.25, 0.3) is 0 Å². The zero-order valence-electron chi connectivity index (χ0n) is 16.6. The third-order valence-corrected chi connectivity index (χ3v) is 6.60. The smallest absolute Gasteiger partial charge is 0.127 e. The number of hydrogen-bond acceptors (Lipinski definition) is 2. The van der Waals surface area contributed by atoms with Crippen molar-refractivity contribution < 1.29 is 9.22 Å². The van der Waals surface area contributed by atoms with Gasteiger partial charge in [0.2, 0.25) is 0 Å². The lowest BCUT2D eigenvalue weighted by atomic mass is 9.59. The van der Waals surface area contributed by atoms with E-state index >= 15 is 0 Å². The van der Waals surface area contributed by atoms with Gasteiger partial charge in [-0.15, -0.1) is 4.48 Å². The molecule has 3 heteroatoms. The van der Waals surface area contributed by atoms with Crippen molar-refractivity contribution in [3.63, 3.8) is 0 Å². The van der Waals surface area contributed by atoms with E-state index in [-0.39, 0.29) is 0 Å². The summed E-state index contributed by atoms with van der Waals surface area (Å²) < 4.78 is 19.1. The molecule has 0 radical (unpaired) electrons. The van der Waals surface area contributed by atoms with Gasteiger partial charge in [-0.1, -0.05) is 26.0 Å². The molecule has 2 aromatic carbocycles. The van der Waals surface area contributed by atoms with E-state index in [0.717, 1.165) is 35.2 Å². The summed E-state index contributed by atoms with van der Waals surface area (Å²) in [6.45, 7) is 4.86. The molecule has 144 valence electrons. The van der Waals surface area contributed by atoms with Gasteiger partial charge in [-0.25, -0.2) is 5.12 Å². The summed E-state index contributed by atoms with van der Waals surface area (Å²) in [6, 6.07) is 15.7. The Balaban J connectivity index is 1.47. The average Bonchev–Trinajstić information content (AvgIpc) is 2.62. The minimum Gasteiger partial charge on any atom is -0.457 e. The van der Waals surface area contributed by atoms with E-state index < -0.39 is 0 Å². The largest absolute Gasteiger partial charge is 0.457 e. The van der Waals surface area contributed by atoms with Crippen molar-refractivity contribution in [1.29, 1.82) is 0 Å². The van der Waals surface area contributed by atoms with Gasteiger partial charge in [0.05, 0.1) is 5.69 Å². The second-order valence-corrected chi connectivity index (χ2v) is 8.82. The van der Waals surface area contributed by atoms with Crippen LogP contribution in [0.15, 0.2) is 48.5 Å². The van der Waals surface area contributed by atoms with Crippen LogP contribution in [0.1, 0.15) is 51.0 Å². The van der Waals surface area contributed by atoms with Crippen LogP contribution in [0.2, 0.25) is 0 Å². The van der Waals surface area contributed by atoms with E-state index in [1.165, 1.54) is 38.3 Å². The van der Waals surface area contributed by atoms with E-state index in [2.05, 4.69) is 38.1 Å². The molecule has 5 atom stereocenters. The molecule has 27 heavy (non-hydrogen) atoms. The zero-order valence-corrected chi connectivity index (χ0v) is 16.6. The van der Waals surface area contributed by atoms with E-state index in [0.29, 0.717) is 16.7 Å². The van der Waals surface area contributed by atoms with Crippen molar-refractivity contribution in [2.24, 2.45) is 23.7 Å². The number of rotatable bonds is 4. The van der Waals surface area contributed by atoms with E-state index in [1.54, 1.807) is 24.3 Å². The maximum atomic E-state index is 13.2. The maximum absolute atomic E-state index is 13.2. The number of fused-ring (bicyclic) bond motifs is 2. The Morgan fingerprint density at radius 2 is 1.48 bits per heavy atom. The maximum Gasteiger partial charge on any atom is 0.127 e. The van der Waals surface area contributed by atoms with Gasteiger partial charge in [-0.05, 0) is 97.2 Å². The third-order valence-electron chi connectivity index (χ3n) is 6.60. The molecule has 2 saturated carbocycles. The van der Waals surface area contributed by atoms with Gasteiger partial charge >= 0.3 is 0 Å². The summed E-state index contributed by atoms with van der Waals surface area (Å²) in [5.41, 5.74) is 1.98. The van der Waals surface area contributed by atoms with Gasteiger partial charge in [0.1, 0.15) is 11.5 Å². The highest BCUT2D eigenvalue weighted by Crippen LogP contribution is 2.52. The Morgan fingerprint density at radius 3 is 2.11 bits per heavy atom. The van der Waals surface area contributed by atoms with E-state index in [1.807, 2.05) is 0 Å². The minimum absolute atomic E-state index is 0.518. The van der Waals surface area contributed by atoms with Gasteiger partial charge in [0.25, 0.3) is 0 Å². The van der Waals surface area contributed by atoms with Gasteiger partial charge in [0.15, 0.2) is 0 Å². The lowest BCUT2D eigenvalue weighted by Gasteiger charge is -2.46. The second-order valence-electron chi connectivity index (χ2n) is 8.82. The van der Waals surface area contributed by atoms with Crippen LogP contribution >= 0.6 is 0 Å². The van der Waals surface area contributed by atoms with Crippen LogP contribution in [0.4, 0.5) is 10.2 Å². The number of hydrogen-bond donors (Lipinski definition) is 0. The van der Waals surface area contributed by atoms with Crippen LogP contribution < -0.4 is 9.86 Å². The van der Waals surface area contributed by atoms with Crippen LogP contribution in [0, 0.1) is 23.7 Å². The molecule has 2 bridgehead atoms. The van der Waals surface area contributed by atoms with Crippen LogP contribution in [-0.4, -0.2) is 7.05 Å². The fourth-order valence-corrected chi connectivity index (χ4v) is 5.64. The van der Waals surface area contributed by atoms with Crippen LogP contribution in [-0.2, 0) is 0 Å². The molecule has 0 heterocycles. The van der Waals surface area contributed by atoms with Gasteiger partial charge < -0.3 is 4.74 Å². The lowest BCUT2D eigenvalue weighted by Crippen LogP contribution is -2.35. The van der Waals surface area contributed by atoms with Crippen molar-refractivity contribution in [3.05, 3.63) is 54.1 Å². The summed E-state index contributed by atoms with van der Waals surface area (Å²) >= 11 is 0. The predicted octanol–water partition coefficient (Wildman–Crippen LogP) is 6.98. The summed E-state index contributed by atoms with van der Waals surface area (Å²) in [7, 11) is 1.39. The molecule has 0 aromatic heterocycles. The molecule has 2 nitrogen and oxygen atoms in total. The number of halogens is 1. The Hall–Kier alpha value is -2.03. The van der Waals surface area contributed by atoms with E-state index in [4.69, 9.17) is 4.74 Å². The Bertz CT molecular complexity index is 751. The highest BCUT2D eigenvalue weighted by Gasteiger charge is 2.40. The quantitative estimate of drug-likeness (QED) is 0.541. The second kappa shape index (κ2) is 7.53. The molecule has 0 saturated heterocycles. The molecular weight excluding hydrogens is 337 g/mol. The first-order chi connectivity index (χ1) is 13.0. The Kier molecular flexibility index (Phi) is 5.12. The fourth-order valence-electron chi connectivity index (χ4n) is 5.64. The average molecular weight is 368 g/mol. The zero-order chi connectivity index (χ0) is 19.0. The molecule has 4 rings (SSSR count). The summed E-state index contributed by atoms with van der Waals surface area (Å²) in [6.07, 6.45) is 5.59. The van der Waals surface area contributed by atoms with Crippen molar-refractivity contribution >= 4 is 5.69 Å². The SMILES string of the molecule is CC1CC2CC(C)C(c3ccc(Oc4ccc(N(C)F)cc4)cc3)C(C1)C2. The van der Waals surface area contributed by atoms with E-state index in [9.17, 15) is 4.48 Å². The van der Waals surface area contributed by atoms with Gasteiger partial charge in [0, 0.05) is 7.05 Å². The van der Waals surface area contributed by atoms with Crippen molar-refractivity contribution in [2.75, 3.05) is 12.2 Å². The number of anilines is 1. The molecule has 0 spiro atoms. The molecule has 2 aliphatic carbocycles. The third kappa shape index (κ3) is 3.97. The normalized spacial score (nSPS) is 30.0. The summed E-state index contributed by atoms with van der Waals surface area (Å²) in [5, 5.41) is 0.598. The van der Waals surface area contributed by atoms with Crippen molar-refractivity contribution in [3.8, 4) is 11.5 Å². The van der Waals surface area contributed by atoms with Crippen LogP contribution in [0.5, 0.6) is 11.5 Å². The lowest BCUT2D eigenvalue weighted by molar-refractivity contribution is 0.0854. The molecule has 0 N–H and O–H groups in total. The fraction of sp³-hybridized carbons (Fsp3) is 0.500. The molecule has 0 amide bonds.